The third kappa shape index (κ3) is 4.35. The average molecular weight is 278 g/mol. The SMILES string of the molecule is CCCC(C)(NC(=O)[C@@H](N)Cc1ccccc1)C(=O)O. The molecule has 1 rings (SSSR count). The van der Waals surface area contributed by atoms with Crippen LogP contribution in [0, 0.1) is 0 Å². The molecule has 1 aromatic rings. The van der Waals surface area contributed by atoms with Gasteiger partial charge < -0.3 is 16.2 Å². The Morgan fingerprint density at radius 3 is 2.45 bits per heavy atom. The summed E-state index contributed by atoms with van der Waals surface area (Å²) >= 11 is 0. The summed E-state index contributed by atoms with van der Waals surface area (Å²) < 4.78 is 0. The van der Waals surface area contributed by atoms with Gasteiger partial charge in [0.15, 0.2) is 0 Å². The van der Waals surface area contributed by atoms with Crippen molar-refractivity contribution in [3.8, 4) is 0 Å². The van der Waals surface area contributed by atoms with Gasteiger partial charge >= 0.3 is 5.97 Å². The molecule has 0 aliphatic rings. The van der Waals surface area contributed by atoms with Crippen molar-refractivity contribution in [3.05, 3.63) is 35.9 Å². The van der Waals surface area contributed by atoms with Gasteiger partial charge in [0.1, 0.15) is 5.54 Å². The van der Waals surface area contributed by atoms with Gasteiger partial charge in [-0.3, -0.25) is 4.79 Å². The van der Waals surface area contributed by atoms with E-state index in [1.54, 1.807) is 0 Å². The summed E-state index contributed by atoms with van der Waals surface area (Å²) in [6.07, 6.45) is 1.41. The lowest BCUT2D eigenvalue weighted by molar-refractivity contribution is -0.147. The molecule has 0 fully saturated rings. The minimum Gasteiger partial charge on any atom is -0.480 e. The molecular formula is C15H22N2O3. The van der Waals surface area contributed by atoms with Crippen LogP contribution in [0.1, 0.15) is 32.3 Å². The number of rotatable bonds is 7. The second-order valence-electron chi connectivity index (χ2n) is 5.17. The number of carboxylic acid groups (broad SMARTS) is 1. The summed E-state index contributed by atoms with van der Waals surface area (Å²) in [6.45, 7) is 3.38. The van der Waals surface area contributed by atoms with Crippen molar-refractivity contribution < 1.29 is 14.7 Å². The molecule has 1 amide bonds. The van der Waals surface area contributed by atoms with Gasteiger partial charge in [-0.15, -0.1) is 0 Å². The summed E-state index contributed by atoms with van der Waals surface area (Å²) in [5, 5.41) is 11.8. The van der Waals surface area contributed by atoms with Gasteiger partial charge in [-0.1, -0.05) is 43.7 Å². The Morgan fingerprint density at radius 2 is 1.95 bits per heavy atom. The van der Waals surface area contributed by atoms with Gasteiger partial charge in [-0.25, -0.2) is 4.79 Å². The molecule has 0 saturated carbocycles. The van der Waals surface area contributed by atoms with Crippen LogP contribution < -0.4 is 11.1 Å². The first-order chi connectivity index (χ1) is 9.39. The van der Waals surface area contributed by atoms with E-state index < -0.39 is 23.5 Å². The van der Waals surface area contributed by atoms with Crippen LogP contribution in [0.4, 0.5) is 0 Å². The molecule has 0 aliphatic carbocycles. The predicted octanol–water partition coefficient (Wildman–Crippen LogP) is 1.32. The second-order valence-corrected chi connectivity index (χ2v) is 5.17. The van der Waals surface area contributed by atoms with E-state index in [1.165, 1.54) is 6.92 Å². The summed E-state index contributed by atoms with van der Waals surface area (Å²) in [5.41, 5.74) is 5.53. The van der Waals surface area contributed by atoms with Crippen molar-refractivity contribution in [2.75, 3.05) is 0 Å². The van der Waals surface area contributed by atoms with Crippen LogP contribution in [0.3, 0.4) is 0 Å². The summed E-state index contributed by atoms with van der Waals surface area (Å²) in [4.78, 5) is 23.3. The standard InChI is InChI=1S/C15H22N2O3/c1-3-9-15(2,14(19)20)17-13(18)12(16)10-11-7-5-4-6-8-11/h4-8,12H,3,9-10,16H2,1-2H3,(H,17,18)(H,19,20)/t12-,15?/m0/s1. The number of hydrogen-bond acceptors (Lipinski definition) is 3. The molecule has 0 spiro atoms. The van der Waals surface area contributed by atoms with Gasteiger partial charge in [0, 0.05) is 0 Å². The van der Waals surface area contributed by atoms with E-state index in [-0.39, 0.29) is 0 Å². The Labute approximate surface area is 119 Å². The maximum absolute atomic E-state index is 12.0. The van der Waals surface area contributed by atoms with Crippen LogP contribution in [0.2, 0.25) is 0 Å². The molecule has 0 bridgehead atoms. The topological polar surface area (TPSA) is 92.4 Å². The summed E-state index contributed by atoms with van der Waals surface area (Å²) in [7, 11) is 0. The molecule has 5 heteroatoms. The Balaban J connectivity index is 2.67. The Kier molecular flexibility index (Phi) is 5.70. The number of nitrogens with one attached hydrogen (secondary N) is 1. The number of carbonyl (C=O) groups excluding carboxylic acids is 1. The van der Waals surface area contributed by atoms with Crippen LogP contribution >= 0.6 is 0 Å². The Hall–Kier alpha value is -1.88. The Bertz CT molecular complexity index is 461. The highest BCUT2D eigenvalue weighted by atomic mass is 16.4. The number of nitrogens with two attached hydrogens (primary N) is 1. The Morgan fingerprint density at radius 1 is 1.35 bits per heavy atom. The lowest BCUT2D eigenvalue weighted by Gasteiger charge is -2.27. The number of hydrogen-bond donors (Lipinski definition) is 3. The smallest absolute Gasteiger partial charge is 0.329 e. The van der Waals surface area contributed by atoms with E-state index in [9.17, 15) is 14.7 Å². The van der Waals surface area contributed by atoms with E-state index in [1.807, 2.05) is 37.3 Å². The van der Waals surface area contributed by atoms with E-state index in [0.717, 1.165) is 5.56 Å². The first kappa shape index (κ1) is 16.2. The molecular weight excluding hydrogens is 256 g/mol. The van der Waals surface area contributed by atoms with Crippen molar-refractivity contribution in [1.82, 2.24) is 5.32 Å². The summed E-state index contributed by atoms with van der Waals surface area (Å²) in [6, 6.07) is 8.65. The van der Waals surface area contributed by atoms with Crippen molar-refractivity contribution in [2.24, 2.45) is 5.73 Å². The van der Waals surface area contributed by atoms with Crippen LogP contribution in [0.15, 0.2) is 30.3 Å². The molecule has 110 valence electrons. The minimum absolute atomic E-state index is 0.367. The monoisotopic (exact) mass is 278 g/mol. The third-order valence-corrected chi connectivity index (χ3v) is 3.26. The molecule has 0 aliphatic heterocycles. The third-order valence-electron chi connectivity index (χ3n) is 3.26. The molecule has 5 nitrogen and oxygen atoms in total. The van der Waals surface area contributed by atoms with Crippen molar-refractivity contribution >= 4 is 11.9 Å². The normalized spacial score (nSPS) is 15.2. The van der Waals surface area contributed by atoms with Crippen molar-refractivity contribution in [3.63, 3.8) is 0 Å². The molecule has 0 aromatic heterocycles. The van der Waals surface area contributed by atoms with E-state index >= 15 is 0 Å². The van der Waals surface area contributed by atoms with Gasteiger partial charge in [0.2, 0.25) is 5.91 Å². The van der Waals surface area contributed by atoms with E-state index in [0.29, 0.717) is 19.3 Å². The predicted molar refractivity (Wildman–Crippen MR) is 77.2 cm³/mol. The zero-order valence-corrected chi connectivity index (χ0v) is 11.9. The largest absolute Gasteiger partial charge is 0.480 e. The molecule has 2 atom stereocenters. The number of carboxylic acids is 1. The zero-order valence-electron chi connectivity index (χ0n) is 11.9. The lowest BCUT2D eigenvalue weighted by Crippen LogP contribution is -2.56. The lowest BCUT2D eigenvalue weighted by atomic mass is 9.95. The van der Waals surface area contributed by atoms with Gasteiger partial charge in [-0.2, -0.15) is 0 Å². The fourth-order valence-corrected chi connectivity index (χ4v) is 2.05. The van der Waals surface area contributed by atoms with Crippen LogP contribution in [-0.4, -0.2) is 28.6 Å². The highest BCUT2D eigenvalue weighted by Crippen LogP contribution is 2.13. The number of aliphatic carboxylic acids is 1. The number of benzene rings is 1. The van der Waals surface area contributed by atoms with E-state index in [4.69, 9.17) is 5.73 Å². The molecule has 0 heterocycles. The molecule has 1 unspecified atom stereocenters. The summed E-state index contributed by atoms with van der Waals surface area (Å²) in [5.74, 6) is -1.48. The van der Waals surface area contributed by atoms with Crippen molar-refractivity contribution in [1.29, 1.82) is 0 Å². The number of amides is 1. The number of carbonyl (C=O) groups is 2. The van der Waals surface area contributed by atoms with Gasteiger partial charge in [0.25, 0.3) is 0 Å². The minimum atomic E-state index is -1.26. The molecule has 0 saturated heterocycles. The van der Waals surface area contributed by atoms with Gasteiger partial charge in [-0.05, 0) is 25.3 Å². The van der Waals surface area contributed by atoms with E-state index in [2.05, 4.69) is 5.32 Å². The maximum atomic E-state index is 12.0. The van der Waals surface area contributed by atoms with Crippen molar-refractivity contribution in [2.45, 2.75) is 44.7 Å². The molecule has 20 heavy (non-hydrogen) atoms. The van der Waals surface area contributed by atoms with Crippen LogP contribution in [0.25, 0.3) is 0 Å². The molecule has 1 aromatic carbocycles. The van der Waals surface area contributed by atoms with Crippen LogP contribution in [0.5, 0.6) is 0 Å². The maximum Gasteiger partial charge on any atom is 0.329 e. The first-order valence-corrected chi connectivity index (χ1v) is 6.74. The fraction of sp³-hybridized carbons (Fsp3) is 0.467. The van der Waals surface area contributed by atoms with Gasteiger partial charge in [0.05, 0.1) is 6.04 Å². The second kappa shape index (κ2) is 7.05. The highest BCUT2D eigenvalue weighted by molar-refractivity contribution is 5.89. The quantitative estimate of drug-likeness (QED) is 0.701. The first-order valence-electron chi connectivity index (χ1n) is 6.74. The molecule has 0 radical (unpaired) electrons. The van der Waals surface area contributed by atoms with Crippen LogP contribution in [-0.2, 0) is 16.0 Å². The highest BCUT2D eigenvalue weighted by Gasteiger charge is 2.35. The molecule has 4 N–H and O–H groups in total. The zero-order chi connectivity index (χ0) is 15.2. The average Bonchev–Trinajstić information content (AvgIpc) is 2.39. The fourth-order valence-electron chi connectivity index (χ4n) is 2.05.